The molecule has 0 unspecified atom stereocenters. The molecule has 2 heterocycles. The topological polar surface area (TPSA) is 204 Å². The summed E-state index contributed by atoms with van der Waals surface area (Å²) in [5.74, 6) is -3.79. The molecule has 1 aromatic heterocycles. The fourth-order valence-electron chi connectivity index (χ4n) is 2.95. The number of hydrogen-bond donors (Lipinski definition) is 6. The van der Waals surface area contributed by atoms with Gasteiger partial charge in [0.05, 0.1) is 6.54 Å². The number of carboxylic acid groups (broad SMARTS) is 2. The third-order valence-electron chi connectivity index (χ3n) is 4.96. The largest absolute Gasteiger partial charge is 0.490 e. The molecule has 1 aliphatic rings. The first-order valence-corrected chi connectivity index (χ1v) is 12.9. The molecule has 1 aliphatic heterocycles. The lowest BCUT2D eigenvalue weighted by Crippen LogP contribution is -2.48. The van der Waals surface area contributed by atoms with Crippen LogP contribution in [0.1, 0.15) is 33.2 Å². The van der Waals surface area contributed by atoms with Crippen LogP contribution in [0.25, 0.3) is 0 Å². The van der Waals surface area contributed by atoms with Crippen molar-refractivity contribution in [2.45, 2.75) is 38.1 Å². The summed E-state index contributed by atoms with van der Waals surface area (Å²) in [5, 5.41) is 36.3. The Morgan fingerprint density at radius 1 is 1.10 bits per heavy atom. The molecule has 0 fully saturated rings. The van der Waals surface area contributed by atoms with E-state index in [9.17, 15) is 32.7 Å². The van der Waals surface area contributed by atoms with Crippen molar-refractivity contribution in [3.8, 4) is 0 Å². The molecule has 0 saturated heterocycles. The molecule has 1 aromatic carbocycles. The highest BCUT2D eigenvalue weighted by Gasteiger charge is 2.38. The number of hydrogen-bond acceptors (Lipinski definition) is 11. The molecule has 41 heavy (non-hydrogen) atoms. The van der Waals surface area contributed by atoms with Crippen LogP contribution < -0.4 is 21.3 Å². The van der Waals surface area contributed by atoms with Crippen LogP contribution in [-0.2, 0) is 27.4 Å². The number of nitrogens with one attached hydrogen (secondary N) is 4. The molecule has 224 valence electrons. The van der Waals surface area contributed by atoms with E-state index in [1.165, 1.54) is 0 Å². The van der Waals surface area contributed by atoms with Crippen LogP contribution in [0, 0.1) is 0 Å². The maximum absolute atomic E-state index is 12.3. The summed E-state index contributed by atoms with van der Waals surface area (Å²) in [5.41, 5.74) is 0.765. The Labute approximate surface area is 235 Å². The molecule has 0 bridgehead atoms. The molecule has 0 spiro atoms. The molecular weight excluding hydrogens is 575 g/mol. The summed E-state index contributed by atoms with van der Waals surface area (Å²) in [7, 11) is 0. The van der Waals surface area contributed by atoms with E-state index in [-0.39, 0.29) is 18.2 Å². The lowest BCUT2D eigenvalue weighted by molar-refractivity contribution is -0.192. The predicted octanol–water partition coefficient (Wildman–Crippen LogP) is 1.15. The quantitative estimate of drug-likeness (QED) is 0.190. The number of aryl methyl sites for hydroxylation is 1. The molecule has 2 amide bonds. The standard InChI is InChI=1S/C21H27N7O5S.C2HF3O2/c29-17(18-28-27-16(34-18)8-4-5-9-22-20-23-10-11-24-20)25-12-15(19(30)31)26-21(32)33-13-14-6-2-1-3-7-14;3-2(4,5)1(6)7/h1-3,6-7,15H,4-5,8-13H2,(H,25,29)(H,26,32)(H,30,31)(H2,22,23,24);(H,6,7)/t15-;/m0./s1. The van der Waals surface area contributed by atoms with E-state index >= 15 is 0 Å². The summed E-state index contributed by atoms with van der Waals surface area (Å²) in [6.45, 7) is 2.11. The van der Waals surface area contributed by atoms with Gasteiger partial charge in [-0.15, -0.1) is 10.2 Å². The number of amides is 2. The Balaban J connectivity index is 0.000000745. The highest BCUT2D eigenvalue weighted by atomic mass is 32.1. The predicted molar refractivity (Wildman–Crippen MR) is 138 cm³/mol. The number of rotatable bonds is 12. The number of aliphatic imine (C=N–C) groups is 1. The van der Waals surface area contributed by atoms with Gasteiger partial charge >= 0.3 is 24.2 Å². The van der Waals surface area contributed by atoms with Crippen molar-refractivity contribution in [1.82, 2.24) is 31.5 Å². The minimum Gasteiger partial charge on any atom is -0.480 e. The summed E-state index contributed by atoms with van der Waals surface area (Å²) in [6.07, 6.45) is -3.52. The fourth-order valence-corrected chi connectivity index (χ4v) is 3.75. The molecule has 2 aromatic rings. The number of halogens is 3. The monoisotopic (exact) mass is 603 g/mol. The number of nitrogens with zero attached hydrogens (tertiary/aromatic N) is 3. The molecule has 3 rings (SSSR count). The number of ether oxygens (including phenoxy) is 1. The van der Waals surface area contributed by atoms with Crippen LogP contribution in [-0.4, -0.2) is 88.7 Å². The average molecular weight is 604 g/mol. The van der Waals surface area contributed by atoms with Crippen molar-refractivity contribution in [2.75, 3.05) is 26.2 Å². The summed E-state index contributed by atoms with van der Waals surface area (Å²) >= 11 is 1.15. The van der Waals surface area contributed by atoms with Crippen LogP contribution in [0.2, 0.25) is 0 Å². The SMILES string of the molecule is O=C(N[C@@H](CNC(=O)c1nnc(CCCCNC2=NCCN2)s1)C(=O)O)OCc1ccccc1.O=C(O)C(F)(F)F. The lowest BCUT2D eigenvalue weighted by Gasteiger charge is -2.15. The van der Waals surface area contributed by atoms with E-state index in [1.807, 2.05) is 6.07 Å². The van der Waals surface area contributed by atoms with E-state index in [2.05, 4.69) is 36.5 Å². The molecule has 6 N–H and O–H groups in total. The van der Waals surface area contributed by atoms with Gasteiger partial charge in [-0.3, -0.25) is 9.79 Å². The second-order valence-electron chi connectivity index (χ2n) is 8.15. The van der Waals surface area contributed by atoms with Gasteiger partial charge < -0.3 is 36.2 Å². The first kappa shape index (κ1) is 32.7. The van der Waals surface area contributed by atoms with Crippen molar-refractivity contribution in [1.29, 1.82) is 0 Å². The van der Waals surface area contributed by atoms with Gasteiger partial charge in [0.1, 0.15) is 17.7 Å². The summed E-state index contributed by atoms with van der Waals surface area (Å²) < 4.78 is 36.8. The van der Waals surface area contributed by atoms with Crippen LogP contribution in [0.15, 0.2) is 35.3 Å². The highest BCUT2D eigenvalue weighted by Crippen LogP contribution is 2.13. The van der Waals surface area contributed by atoms with Gasteiger partial charge in [-0.2, -0.15) is 13.2 Å². The van der Waals surface area contributed by atoms with Crippen LogP contribution in [0.3, 0.4) is 0 Å². The van der Waals surface area contributed by atoms with Crippen LogP contribution in [0.4, 0.5) is 18.0 Å². The van der Waals surface area contributed by atoms with Crippen molar-refractivity contribution in [3.63, 3.8) is 0 Å². The van der Waals surface area contributed by atoms with Gasteiger partial charge in [0.2, 0.25) is 5.01 Å². The molecule has 14 nitrogen and oxygen atoms in total. The van der Waals surface area contributed by atoms with Gasteiger partial charge in [0.15, 0.2) is 5.96 Å². The van der Waals surface area contributed by atoms with Gasteiger partial charge in [-0.1, -0.05) is 41.7 Å². The third kappa shape index (κ3) is 12.9. The Morgan fingerprint density at radius 2 is 1.80 bits per heavy atom. The normalized spacial score (nSPS) is 13.0. The first-order chi connectivity index (χ1) is 19.5. The second kappa shape index (κ2) is 16.6. The molecular formula is C23H28F3N7O7S. The zero-order chi connectivity index (χ0) is 30.3. The lowest BCUT2D eigenvalue weighted by atomic mass is 10.2. The Morgan fingerprint density at radius 3 is 2.41 bits per heavy atom. The number of unbranched alkanes of at least 4 members (excludes halogenated alkanes) is 1. The number of carbonyl (C=O) groups is 4. The molecule has 18 heteroatoms. The zero-order valence-electron chi connectivity index (χ0n) is 21.4. The molecule has 0 radical (unpaired) electrons. The maximum atomic E-state index is 12.3. The Kier molecular flexibility index (Phi) is 13.2. The molecule has 0 saturated carbocycles. The number of guanidine groups is 1. The van der Waals surface area contributed by atoms with Gasteiger partial charge in [0, 0.05) is 26.1 Å². The minimum absolute atomic E-state index is 0.000631. The maximum Gasteiger partial charge on any atom is 0.490 e. The third-order valence-corrected chi connectivity index (χ3v) is 5.94. The van der Waals surface area contributed by atoms with E-state index in [0.29, 0.717) is 6.42 Å². The van der Waals surface area contributed by atoms with Crippen LogP contribution >= 0.6 is 11.3 Å². The number of benzene rings is 1. The fraction of sp³-hybridized carbons (Fsp3) is 0.435. The average Bonchev–Trinajstić information content (AvgIpc) is 3.62. The van der Waals surface area contributed by atoms with Crippen molar-refractivity contribution in [3.05, 3.63) is 45.9 Å². The van der Waals surface area contributed by atoms with Crippen molar-refractivity contribution in [2.24, 2.45) is 4.99 Å². The summed E-state index contributed by atoms with van der Waals surface area (Å²) in [4.78, 5) is 48.9. The first-order valence-electron chi connectivity index (χ1n) is 12.1. The van der Waals surface area contributed by atoms with Crippen molar-refractivity contribution >= 4 is 41.2 Å². The van der Waals surface area contributed by atoms with E-state index in [1.54, 1.807) is 24.3 Å². The highest BCUT2D eigenvalue weighted by molar-refractivity contribution is 7.13. The van der Waals surface area contributed by atoms with E-state index < -0.39 is 36.2 Å². The number of carboxylic acids is 2. The Hall–Kier alpha value is -4.48. The van der Waals surface area contributed by atoms with Gasteiger partial charge in [-0.25, -0.2) is 14.4 Å². The number of aliphatic carboxylic acids is 2. The van der Waals surface area contributed by atoms with Crippen LogP contribution in [0.5, 0.6) is 0 Å². The minimum atomic E-state index is -5.08. The molecule has 0 aliphatic carbocycles. The van der Waals surface area contributed by atoms with Gasteiger partial charge in [0.25, 0.3) is 5.91 Å². The van der Waals surface area contributed by atoms with Gasteiger partial charge in [-0.05, 0) is 18.4 Å². The second-order valence-corrected chi connectivity index (χ2v) is 9.21. The van der Waals surface area contributed by atoms with E-state index in [0.717, 1.165) is 60.3 Å². The Bertz CT molecular complexity index is 1200. The number of aromatic nitrogens is 2. The smallest absolute Gasteiger partial charge is 0.480 e. The van der Waals surface area contributed by atoms with Crippen molar-refractivity contribution < 1.29 is 47.3 Å². The summed E-state index contributed by atoms with van der Waals surface area (Å²) in [6, 6.07) is 7.63. The number of alkyl halides is 3. The molecule has 1 atom stereocenters. The zero-order valence-corrected chi connectivity index (χ0v) is 22.3. The van der Waals surface area contributed by atoms with E-state index in [4.69, 9.17) is 14.6 Å². The number of alkyl carbamates (subject to hydrolysis) is 1. The number of carbonyl (C=O) groups excluding carboxylic acids is 2.